The summed E-state index contributed by atoms with van der Waals surface area (Å²) in [6, 6.07) is 24.6. The van der Waals surface area contributed by atoms with E-state index in [2.05, 4.69) is 79.4 Å². The fourth-order valence-corrected chi connectivity index (χ4v) is 13.9. The molecular formula is C53H67F3N8O6S. The maximum Gasteiger partial charge on any atom is 0.285 e. The molecule has 18 heteroatoms. The number of aliphatic hydroxyl groups is 1. The van der Waals surface area contributed by atoms with Crippen LogP contribution < -0.4 is 24.0 Å². The molecule has 4 fully saturated rings. The van der Waals surface area contributed by atoms with Crippen LogP contribution in [0, 0.1) is 23.4 Å². The Balaban J connectivity index is 0.843. The number of nitrogens with zero attached hydrogens (tertiary/aromatic N) is 7. The van der Waals surface area contributed by atoms with Crippen LogP contribution in [0.15, 0.2) is 102 Å². The quantitative estimate of drug-likeness (QED) is 0.0722. The normalized spacial score (nSPS) is 24.2. The summed E-state index contributed by atoms with van der Waals surface area (Å²) in [4.78, 5) is 29.2. The van der Waals surface area contributed by atoms with Gasteiger partial charge >= 0.3 is 0 Å². The molecule has 71 heavy (non-hydrogen) atoms. The van der Waals surface area contributed by atoms with Gasteiger partial charge in [0.25, 0.3) is 5.24 Å². The van der Waals surface area contributed by atoms with Gasteiger partial charge in [0.2, 0.25) is 0 Å². The molecule has 1 amide bonds. The average molecular weight is 1000 g/mol. The van der Waals surface area contributed by atoms with E-state index in [9.17, 15) is 9.50 Å². The molecule has 0 radical (unpaired) electrons. The van der Waals surface area contributed by atoms with Gasteiger partial charge in [-0.05, 0) is 119 Å². The minimum absolute atomic E-state index is 0.00869. The van der Waals surface area contributed by atoms with Gasteiger partial charge in [0.15, 0.2) is 17.9 Å². The first kappa shape index (κ1) is 50.4. The van der Waals surface area contributed by atoms with Crippen LogP contribution in [-0.2, 0) is 21.6 Å². The van der Waals surface area contributed by atoms with Crippen LogP contribution in [0.4, 0.5) is 35.0 Å². The number of anilines is 3. The molecule has 4 aliphatic rings. The molecular weight excluding hydrogens is 934 g/mol. The number of piperidine rings is 1. The van der Waals surface area contributed by atoms with Crippen molar-refractivity contribution >= 4 is 32.5 Å². The molecule has 0 aliphatic carbocycles. The largest absolute Gasteiger partial charge is 0.491 e. The molecule has 5 heterocycles. The number of carbonyl (C=O) groups excluding carboxylic acids is 1. The minimum atomic E-state index is -2.39. The number of ether oxygens (including phenoxy) is 4. The summed E-state index contributed by atoms with van der Waals surface area (Å²) in [5.41, 5.74) is 1.58. The van der Waals surface area contributed by atoms with Gasteiger partial charge in [-0.25, -0.2) is 22.8 Å². The fraction of sp³-hybridized carbons (Fsp3) is 0.491. The first-order chi connectivity index (χ1) is 34.5. The number of likely N-dealkylation sites (tertiary alicyclic amines) is 1. The van der Waals surface area contributed by atoms with E-state index in [1.165, 1.54) is 35.5 Å². The molecule has 4 saturated heterocycles. The molecule has 382 valence electrons. The van der Waals surface area contributed by atoms with Gasteiger partial charge in [-0.1, -0.05) is 36.0 Å². The standard InChI is InChI=1S/C53H67F3N8O6S/c1-4-5-6-27-67-50-18-8-41(29-49(50)56)59-71(33-44(64(38(2)3)52(71)66)30-60-21-19-39(31-65)20-22-60)46-15-11-43(12-16-46)62-25-23-61(24-26-62)42-9-13-45(14-10-42)68-32-51-69-35-53(70-51,34-63-37-57-36-58-63)47-17-7-40(54)28-48(47)55/h7-18,28-29,36-39,44,51,59,65H,4-6,19-27,30-35H2,1-3H3/t44?,51-,53+/m0/s1. The highest BCUT2D eigenvalue weighted by Gasteiger charge is 2.51. The zero-order chi connectivity index (χ0) is 49.5. The second-order valence-electron chi connectivity index (χ2n) is 19.4. The van der Waals surface area contributed by atoms with Crippen LogP contribution in [0.1, 0.15) is 58.4 Å². The number of hydrogen-bond acceptors (Lipinski definition) is 12. The Kier molecular flexibility index (Phi) is 16.0. The summed E-state index contributed by atoms with van der Waals surface area (Å²) in [6.07, 6.45) is 6.87. The van der Waals surface area contributed by atoms with Crippen molar-refractivity contribution in [2.24, 2.45) is 5.92 Å². The van der Waals surface area contributed by atoms with E-state index in [1.54, 1.807) is 6.07 Å². The summed E-state index contributed by atoms with van der Waals surface area (Å²) < 4.78 is 73.9. The lowest BCUT2D eigenvalue weighted by atomic mass is 9.94. The highest BCUT2D eigenvalue weighted by molar-refractivity contribution is 8.46. The number of rotatable bonds is 20. The van der Waals surface area contributed by atoms with Crippen LogP contribution in [0.25, 0.3) is 0 Å². The van der Waals surface area contributed by atoms with Crippen molar-refractivity contribution in [2.75, 3.05) is 92.5 Å². The zero-order valence-electron chi connectivity index (χ0n) is 40.9. The number of amides is 1. The number of nitrogens with one attached hydrogen (secondary N) is 1. The van der Waals surface area contributed by atoms with Gasteiger partial charge in [-0.2, -0.15) is 5.10 Å². The highest BCUT2D eigenvalue weighted by atomic mass is 32.3. The molecule has 5 aromatic rings. The Morgan fingerprint density at radius 3 is 2.23 bits per heavy atom. The Bertz CT molecular complexity index is 2530. The number of carbonyl (C=O) groups is 1. The van der Waals surface area contributed by atoms with Crippen molar-refractivity contribution in [3.05, 3.63) is 121 Å². The summed E-state index contributed by atoms with van der Waals surface area (Å²) in [5, 5.41) is 14.0. The number of benzene rings is 4. The van der Waals surface area contributed by atoms with Gasteiger partial charge in [-0.15, -0.1) is 0 Å². The third kappa shape index (κ3) is 11.4. The summed E-state index contributed by atoms with van der Waals surface area (Å²) in [5.74, 6) is -0.124. The maximum atomic E-state index is 15.6. The van der Waals surface area contributed by atoms with Gasteiger partial charge in [0.05, 0.1) is 25.8 Å². The predicted octanol–water partition coefficient (Wildman–Crippen LogP) is 9.05. The molecule has 4 atom stereocenters. The molecule has 2 unspecified atom stereocenters. The van der Waals surface area contributed by atoms with Crippen LogP contribution in [-0.4, -0.2) is 131 Å². The van der Waals surface area contributed by atoms with E-state index >= 15 is 13.6 Å². The molecule has 14 nitrogen and oxygen atoms in total. The Hall–Kier alpha value is -5.53. The molecule has 0 spiro atoms. The van der Waals surface area contributed by atoms with Crippen LogP contribution in [0.3, 0.4) is 0 Å². The third-order valence-electron chi connectivity index (χ3n) is 14.2. The number of aliphatic hydroxyl groups excluding tert-OH is 1. The topological polar surface area (TPSA) is 130 Å². The maximum absolute atomic E-state index is 15.6. The van der Waals surface area contributed by atoms with E-state index in [4.69, 9.17) is 18.9 Å². The highest BCUT2D eigenvalue weighted by Crippen LogP contribution is 2.62. The molecule has 0 saturated carbocycles. The molecule has 9 rings (SSSR count). The third-order valence-corrected chi connectivity index (χ3v) is 17.6. The van der Waals surface area contributed by atoms with E-state index < -0.39 is 39.6 Å². The molecule has 0 bridgehead atoms. The minimum Gasteiger partial charge on any atom is -0.491 e. The Labute approximate surface area is 416 Å². The molecule has 1 aromatic heterocycles. The van der Waals surface area contributed by atoms with Gasteiger partial charge < -0.3 is 48.4 Å². The van der Waals surface area contributed by atoms with Crippen molar-refractivity contribution < 1.29 is 42.0 Å². The molecule has 2 N–H and O–H groups in total. The Morgan fingerprint density at radius 2 is 1.59 bits per heavy atom. The van der Waals surface area contributed by atoms with E-state index in [0.29, 0.717) is 29.7 Å². The lowest BCUT2D eigenvalue weighted by Gasteiger charge is -2.38. The van der Waals surface area contributed by atoms with Crippen LogP contribution >= 0.6 is 10.2 Å². The van der Waals surface area contributed by atoms with Gasteiger partial charge in [-0.3, -0.25) is 4.79 Å². The Morgan fingerprint density at radius 1 is 0.873 bits per heavy atom. The van der Waals surface area contributed by atoms with Crippen molar-refractivity contribution in [1.29, 1.82) is 0 Å². The SMILES string of the molecule is CCCCCOc1ccc(NS2(c3ccc(N4CCN(c5ccc(OC[C@H]6OC[C@](Cn7cncn7)(c7ccc(F)cc7F)O6)cc5)CC4)cc3)CC(CN3CCC(CO)CC3)N(C(C)C)C2=O)cc1F. The summed E-state index contributed by atoms with van der Waals surface area (Å²) in [6.45, 7) is 12.8. The molecule has 4 aliphatic heterocycles. The van der Waals surface area contributed by atoms with Crippen LogP contribution in [0.5, 0.6) is 11.5 Å². The number of piperazine rings is 1. The van der Waals surface area contributed by atoms with Crippen molar-refractivity contribution in [2.45, 2.75) is 88.3 Å². The van der Waals surface area contributed by atoms with Crippen molar-refractivity contribution in [1.82, 2.24) is 24.6 Å². The first-order valence-electron chi connectivity index (χ1n) is 25.0. The predicted molar refractivity (Wildman–Crippen MR) is 270 cm³/mol. The van der Waals surface area contributed by atoms with E-state index in [1.807, 2.05) is 30.3 Å². The molecule has 4 aromatic carbocycles. The smallest absolute Gasteiger partial charge is 0.285 e. The van der Waals surface area contributed by atoms with Gasteiger partial charge in [0, 0.05) is 90.8 Å². The van der Waals surface area contributed by atoms with E-state index in [-0.39, 0.29) is 55.0 Å². The van der Waals surface area contributed by atoms with Crippen molar-refractivity contribution in [3.8, 4) is 11.5 Å². The van der Waals surface area contributed by atoms with E-state index in [0.717, 1.165) is 100 Å². The summed E-state index contributed by atoms with van der Waals surface area (Å²) in [7, 11) is -2.39. The average Bonchev–Trinajstić information content (AvgIpc) is 4.12. The second kappa shape index (κ2) is 22.5. The first-order valence-corrected chi connectivity index (χ1v) is 26.8. The number of hydrogen-bond donors (Lipinski definition) is 2. The van der Waals surface area contributed by atoms with Gasteiger partial charge in [0.1, 0.15) is 42.2 Å². The lowest BCUT2D eigenvalue weighted by Crippen LogP contribution is -2.47. The lowest BCUT2D eigenvalue weighted by molar-refractivity contribution is -0.117. The number of halogens is 3. The number of aromatic nitrogens is 3. The number of unbranched alkanes of at least 4 members (excludes halogenated alkanes) is 2. The monoisotopic (exact) mass is 1000 g/mol. The van der Waals surface area contributed by atoms with Crippen LogP contribution in [0.2, 0.25) is 0 Å². The summed E-state index contributed by atoms with van der Waals surface area (Å²) >= 11 is 0. The zero-order valence-corrected chi connectivity index (χ0v) is 41.8. The fourth-order valence-electron chi connectivity index (χ4n) is 10.4. The van der Waals surface area contributed by atoms with Crippen molar-refractivity contribution in [3.63, 3.8) is 0 Å². The second-order valence-corrected chi connectivity index (χ2v) is 22.2.